The fourth-order valence-electron chi connectivity index (χ4n) is 3.58. The van der Waals surface area contributed by atoms with Crippen LogP contribution in [0, 0.1) is 0 Å². The number of nitrogens with zero attached hydrogens (tertiary/aromatic N) is 2. The first kappa shape index (κ1) is 20.7. The fraction of sp³-hybridized carbons (Fsp3) is 0.348. The third-order valence-electron chi connectivity index (χ3n) is 5.18. The van der Waals surface area contributed by atoms with Crippen molar-refractivity contribution < 1.29 is 13.9 Å². The number of urea groups is 1. The second-order valence-corrected chi connectivity index (χ2v) is 8.37. The van der Waals surface area contributed by atoms with Gasteiger partial charge in [-0.2, -0.15) is 0 Å². The normalized spacial score (nSPS) is 15.6. The van der Waals surface area contributed by atoms with Gasteiger partial charge in [-0.15, -0.1) is 11.3 Å². The van der Waals surface area contributed by atoms with Crippen molar-refractivity contribution in [3.8, 4) is 0 Å². The largest absolute Gasteiger partial charge is 0.467 e. The molecule has 30 heavy (non-hydrogen) atoms. The van der Waals surface area contributed by atoms with Crippen LogP contribution in [0.5, 0.6) is 0 Å². The molecule has 0 radical (unpaired) electrons. The Hall–Kier alpha value is -2.61. The molecule has 158 valence electrons. The van der Waals surface area contributed by atoms with Gasteiger partial charge in [0.05, 0.1) is 38.6 Å². The highest BCUT2D eigenvalue weighted by Gasteiger charge is 2.23. The lowest BCUT2D eigenvalue weighted by Crippen LogP contribution is -2.46. The van der Waals surface area contributed by atoms with Crippen LogP contribution in [-0.2, 0) is 17.8 Å². The van der Waals surface area contributed by atoms with Gasteiger partial charge in [-0.05, 0) is 29.1 Å². The van der Waals surface area contributed by atoms with Crippen LogP contribution in [0.2, 0.25) is 0 Å². The molecule has 7 heteroatoms. The molecular formula is C23H27N3O3S. The van der Waals surface area contributed by atoms with E-state index >= 15 is 0 Å². The molecule has 0 saturated carbocycles. The summed E-state index contributed by atoms with van der Waals surface area (Å²) < 4.78 is 11.0. The molecule has 0 aliphatic carbocycles. The first-order chi connectivity index (χ1) is 14.8. The summed E-state index contributed by atoms with van der Waals surface area (Å²) in [4.78, 5) is 18.6. The SMILES string of the molecule is O=C(NC(CN1CCOCC1)c1ccccc1)N(Cc1ccco1)Cc1cccs1. The molecule has 1 aromatic carbocycles. The first-order valence-electron chi connectivity index (χ1n) is 10.2. The monoisotopic (exact) mass is 425 g/mol. The van der Waals surface area contributed by atoms with Crippen molar-refractivity contribution in [2.45, 2.75) is 19.1 Å². The Bertz CT molecular complexity index is 842. The molecule has 2 amide bonds. The van der Waals surface area contributed by atoms with Gasteiger partial charge in [0, 0.05) is 24.5 Å². The highest BCUT2D eigenvalue weighted by atomic mass is 32.1. The van der Waals surface area contributed by atoms with Gasteiger partial charge in [-0.3, -0.25) is 4.90 Å². The number of benzene rings is 1. The summed E-state index contributed by atoms with van der Waals surface area (Å²) in [6.07, 6.45) is 1.64. The quantitative estimate of drug-likeness (QED) is 0.590. The zero-order chi connectivity index (χ0) is 20.6. The van der Waals surface area contributed by atoms with E-state index in [1.54, 1.807) is 22.5 Å². The van der Waals surface area contributed by atoms with Gasteiger partial charge in [0.1, 0.15) is 5.76 Å². The number of hydrogen-bond donors (Lipinski definition) is 1. The third kappa shape index (κ3) is 5.72. The fourth-order valence-corrected chi connectivity index (χ4v) is 4.30. The van der Waals surface area contributed by atoms with Crippen molar-refractivity contribution >= 4 is 17.4 Å². The van der Waals surface area contributed by atoms with Crippen LogP contribution in [0.3, 0.4) is 0 Å². The number of ether oxygens (including phenoxy) is 1. The Labute approximate surface area is 181 Å². The van der Waals surface area contributed by atoms with Crippen molar-refractivity contribution in [2.75, 3.05) is 32.8 Å². The molecule has 1 unspecified atom stereocenters. The summed E-state index contributed by atoms with van der Waals surface area (Å²) in [5.74, 6) is 0.770. The Morgan fingerprint density at radius 2 is 1.90 bits per heavy atom. The summed E-state index contributed by atoms with van der Waals surface area (Å²) in [6.45, 7) is 4.96. The minimum absolute atomic E-state index is 0.0955. The van der Waals surface area contributed by atoms with Gasteiger partial charge in [0.2, 0.25) is 0 Å². The molecule has 1 aliphatic rings. The molecule has 1 N–H and O–H groups in total. The lowest BCUT2D eigenvalue weighted by atomic mass is 10.1. The summed E-state index contributed by atoms with van der Waals surface area (Å²) in [7, 11) is 0. The highest BCUT2D eigenvalue weighted by Crippen LogP contribution is 2.19. The molecule has 3 heterocycles. The van der Waals surface area contributed by atoms with Gasteiger partial charge in [0.15, 0.2) is 0 Å². The lowest BCUT2D eigenvalue weighted by molar-refractivity contribution is 0.0336. The van der Waals surface area contributed by atoms with Crippen LogP contribution in [0.25, 0.3) is 0 Å². The molecule has 1 aliphatic heterocycles. The van der Waals surface area contributed by atoms with Gasteiger partial charge in [-0.25, -0.2) is 4.79 Å². The van der Waals surface area contributed by atoms with Gasteiger partial charge < -0.3 is 19.4 Å². The number of thiophene rings is 1. The third-order valence-corrected chi connectivity index (χ3v) is 6.05. The van der Waals surface area contributed by atoms with Crippen LogP contribution in [0.4, 0.5) is 4.79 Å². The molecule has 0 bridgehead atoms. The average molecular weight is 426 g/mol. The van der Waals surface area contributed by atoms with Gasteiger partial charge >= 0.3 is 6.03 Å². The van der Waals surface area contributed by atoms with E-state index < -0.39 is 0 Å². The lowest BCUT2D eigenvalue weighted by Gasteiger charge is -2.32. The maximum Gasteiger partial charge on any atom is 0.318 e. The van der Waals surface area contributed by atoms with Crippen LogP contribution in [-0.4, -0.2) is 48.7 Å². The maximum atomic E-state index is 13.4. The standard InChI is InChI=1S/C23H27N3O3S/c27-23(26(16-20-8-4-12-29-20)17-21-9-5-15-30-21)24-22(19-6-2-1-3-7-19)18-25-10-13-28-14-11-25/h1-9,12,15,22H,10-11,13-14,16-18H2,(H,24,27). The topological polar surface area (TPSA) is 58.0 Å². The Kier molecular flexibility index (Phi) is 7.18. The highest BCUT2D eigenvalue weighted by molar-refractivity contribution is 7.09. The van der Waals surface area contributed by atoms with Crippen LogP contribution >= 0.6 is 11.3 Å². The number of carbonyl (C=O) groups excluding carboxylic acids is 1. The van der Waals surface area contributed by atoms with E-state index in [0.717, 1.165) is 49.0 Å². The molecule has 2 aromatic heterocycles. The number of hydrogen-bond acceptors (Lipinski definition) is 5. The van der Waals surface area contributed by atoms with E-state index in [1.807, 2.05) is 41.8 Å². The summed E-state index contributed by atoms with van der Waals surface area (Å²) in [6, 6.07) is 17.8. The summed E-state index contributed by atoms with van der Waals surface area (Å²) in [5.41, 5.74) is 1.10. The van der Waals surface area contributed by atoms with Crippen molar-refractivity contribution in [1.82, 2.24) is 15.1 Å². The molecule has 1 fully saturated rings. The summed E-state index contributed by atoms with van der Waals surface area (Å²) >= 11 is 1.65. The van der Waals surface area contributed by atoms with Gasteiger partial charge in [-0.1, -0.05) is 36.4 Å². The van der Waals surface area contributed by atoms with E-state index in [9.17, 15) is 4.79 Å². The van der Waals surface area contributed by atoms with Crippen LogP contribution in [0.1, 0.15) is 22.2 Å². The zero-order valence-corrected chi connectivity index (χ0v) is 17.7. The van der Waals surface area contributed by atoms with Gasteiger partial charge in [0.25, 0.3) is 0 Å². The Morgan fingerprint density at radius 3 is 2.60 bits per heavy atom. The van der Waals surface area contributed by atoms with E-state index in [-0.39, 0.29) is 12.1 Å². The molecule has 3 aromatic rings. The molecule has 4 rings (SSSR count). The van der Waals surface area contributed by atoms with Crippen LogP contribution in [0.15, 0.2) is 70.7 Å². The maximum absolute atomic E-state index is 13.4. The van der Waals surface area contributed by atoms with E-state index in [2.05, 4.69) is 28.4 Å². The second-order valence-electron chi connectivity index (χ2n) is 7.34. The minimum Gasteiger partial charge on any atom is -0.467 e. The van der Waals surface area contributed by atoms with E-state index in [1.165, 1.54) is 0 Å². The van der Waals surface area contributed by atoms with Crippen LogP contribution < -0.4 is 5.32 Å². The molecular weight excluding hydrogens is 398 g/mol. The Morgan fingerprint density at radius 1 is 1.07 bits per heavy atom. The molecule has 1 saturated heterocycles. The number of carbonyl (C=O) groups is 1. The molecule has 1 atom stereocenters. The molecule has 6 nitrogen and oxygen atoms in total. The smallest absolute Gasteiger partial charge is 0.318 e. The van der Waals surface area contributed by atoms with Crippen molar-refractivity contribution in [3.05, 3.63) is 82.4 Å². The van der Waals surface area contributed by atoms with Crippen molar-refractivity contribution in [1.29, 1.82) is 0 Å². The summed E-state index contributed by atoms with van der Waals surface area (Å²) in [5, 5.41) is 5.30. The number of morpholine rings is 1. The number of rotatable bonds is 8. The number of nitrogens with one attached hydrogen (secondary N) is 1. The number of amides is 2. The Balaban J connectivity index is 1.50. The van der Waals surface area contributed by atoms with E-state index in [4.69, 9.17) is 9.15 Å². The average Bonchev–Trinajstić information content (AvgIpc) is 3.48. The van der Waals surface area contributed by atoms with E-state index in [0.29, 0.717) is 13.1 Å². The van der Waals surface area contributed by atoms with Crippen molar-refractivity contribution in [2.24, 2.45) is 0 Å². The predicted octanol–water partition coefficient (Wildman–Crippen LogP) is 4.13. The number of furan rings is 1. The predicted molar refractivity (Wildman–Crippen MR) is 117 cm³/mol. The minimum atomic E-state index is -0.0979. The molecule has 0 spiro atoms. The first-order valence-corrected chi connectivity index (χ1v) is 11.1. The van der Waals surface area contributed by atoms with Crippen molar-refractivity contribution in [3.63, 3.8) is 0 Å². The zero-order valence-electron chi connectivity index (χ0n) is 16.9. The second kappa shape index (κ2) is 10.4.